The van der Waals surface area contributed by atoms with E-state index >= 15 is 0 Å². The predicted octanol–water partition coefficient (Wildman–Crippen LogP) is 3.22. The maximum Gasteiger partial charge on any atom is 0.159 e. The van der Waals surface area contributed by atoms with Gasteiger partial charge in [0, 0.05) is 11.1 Å². The normalized spacial score (nSPS) is 11.8. The number of carbonyl (C=O) groups excluding carboxylic acids is 1. The van der Waals surface area contributed by atoms with E-state index in [1.807, 2.05) is 32.0 Å². The van der Waals surface area contributed by atoms with Crippen LogP contribution in [0.15, 0.2) is 24.0 Å². The molecule has 1 N–H and O–H groups in total. The van der Waals surface area contributed by atoms with Crippen LogP contribution in [0.4, 0.5) is 0 Å². The lowest BCUT2D eigenvalue weighted by molar-refractivity contribution is 0.101. The average molecular weight is 231 g/mol. The van der Waals surface area contributed by atoms with E-state index in [9.17, 15) is 4.79 Å². The molecule has 0 aromatic heterocycles. The number of methoxy groups -OCH3 is 1. The van der Waals surface area contributed by atoms with Crippen molar-refractivity contribution in [1.82, 2.24) is 0 Å². The highest BCUT2D eigenvalue weighted by atomic mass is 16.5. The van der Waals surface area contributed by atoms with Crippen molar-refractivity contribution in [1.29, 1.82) is 5.41 Å². The Morgan fingerprint density at radius 3 is 2.47 bits per heavy atom. The first-order valence-corrected chi connectivity index (χ1v) is 5.38. The highest BCUT2D eigenvalue weighted by molar-refractivity contribution is 5.96. The van der Waals surface area contributed by atoms with E-state index in [-0.39, 0.29) is 5.78 Å². The largest absolute Gasteiger partial charge is 0.495 e. The minimum Gasteiger partial charge on any atom is -0.495 e. The van der Waals surface area contributed by atoms with Gasteiger partial charge in [0.25, 0.3) is 0 Å². The van der Waals surface area contributed by atoms with Crippen LogP contribution in [0.25, 0.3) is 5.57 Å². The quantitative estimate of drug-likeness (QED) is 0.491. The summed E-state index contributed by atoms with van der Waals surface area (Å²) in [6.07, 6.45) is 1.18. The molecule has 0 saturated heterocycles. The lowest BCUT2D eigenvalue weighted by Crippen LogP contribution is -1.98. The van der Waals surface area contributed by atoms with Crippen LogP contribution in [0.2, 0.25) is 0 Å². The Kier molecular flexibility index (Phi) is 4.21. The number of allylic oxidation sites excluding steroid dienone is 2. The van der Waals surface area contributed by atoms with Crippen LogP contribution < -0.4 is 0 Å². The second kappa shape index (κ2) is 5.43. The molecule has 0 bridgehead atoms. The molecule has 1 aromatic rings. The zero-order valence-corrected chi connectivity index (χ0v) is 10.6. The van der Waals surface area contributed by atoms with Gasteiger partial charge in [0.15, 0.2) is 5.78 Å². The number of aryl methyl sites for hydroxylation is 1. The van der Waals surface area contributed by atoms with Crippen LogP contribution in [0.1, 0.15) is 35.3 Å². The van der Waals surface area contributed by atoms with Crippen LogP contribution in [0.5, 0.6) is 0 Å². The number of carbonyl (C=O) groups is 1. The standard InChI is InChI=1S/C14H17NO2/c1-9-5-6-12(11(3)16)7-13(9)10(2)14(8-15)17-4/h5-8,15H,1-4H3/b14-10-,15-8?. The van der Waals surface area contributed by atoms with Crippen LogP contribution in [0.3, 0.4) is 0 Å². The second-order valence-corrected chi connectivity index (χ2v) is 3.92. The first kappa shape index (κ1) is 13.2. The van der Waals surface area contributed by atoms with E-state index in [1.165, 1.54) is 13.3 Å². The fourth-order valence-corrected chi connectivity index (χ4v) is 1.70. The summed E-state index contributed by atoms with van der Waals surface area (Å²) in [5.41, 5.74) is 3.54. The van der Waals surface area contributed by atoms with Gasteiger partial charge in [-0.25, -0.2) is 0 Å². The van der Waals surface area contributed by atoms with Crippen molar-refractivity contribution < 1.29 is 9.53 Å². The molecule has 3 nitrogen and oxygen atoms in total. The minimum absolute atomic E-state index is 0.0351. The number of rotatable bonds is 4. The third-order valence-corrected chi connectivity index (χ3v) is 2.77. The van der Waals surface area contributed by atoms with Gasteiger partial charge in [0.1, 0.15) is 5.76 Å². The van der Waals surface area contributed by atoms with E-state index in [0.717, 1.165) is 16.7 Å². The second-order valence-electron chi connectivity index (χ2n) is 3.92. The topological polar surface area (TPSA) is 50.1 Å². The Labute approximate surface area is 102 Å². The summed E-state index contributed by atoms with van der Waals surface area (Å²) in [7, 11) is 1.54. The van der Waals surface area contributed by atoms with Gasteiger partial charge in [-0.3, -0.25) is 4.79 Å². The number of nitrogens with one attached hydrogen (secondary N) is 1. The third-order valence-electron chi connectivity index (χ3n) is 2.77. The number of hydrogen-bond acceptors (Lipinski definition) is 3. The number of hydrogen-bond donors (Lipinski definition) is 1. The Bertz CT molecular complexity index is 487. The number of ether oxygens (including phenoxy) is 1. The molecule has 0 radical (unpaired) electrons. The first-order chi connectivity index (χ1) is 8.01. The van der Waals surface area contributed by atoms with Gasteiger partial charge in [-0.15, -0.1) is 0 Å². The summed E-state index contributed by atoms with van der Waals surface area (Å²) in [5.74, 6) is 0.543. The van der Waals surface area contributed by atoms with Crippen molar-refractivity contribution in [3.63, 3.8) is 0 Å². The molecule has 0 atom stereocenters. The van der Waals surface area contributed by atoms with Gasteiger partial charge in [0.2, 0.25) is 0 Å². The van der Waals surface area contributed by atoms with Crippen molar-refractivity contribution in [3.8, 4) is 0 Å². The maximum atomic E-state index is 11.3. The van der Waals surface area contributed by atoms with E-state index in [0.29, 0.717) is 11.3 Å². The van der Waals surface area contributed by atoms with Gasteiger partial charge in [-0.2, -0.15) is 0 Å². The number of ketones is 1. The molecular formula is C14H17NO2. The summed E-state index contributed by atoms with van der Waals surface area (Å²) in [6, 6.07) is 5.56. The molecule has 0 aliphatic heterocycles. The summed E-state index contributed by atoms with van der Waals surface area (Å²) in [4.78, 5) is 11.3. The monoisotopic (exact) mass is 231 g/mol. The van der Waals surface area contributed by atoms with Crippen LogP contribution in [0, 0.1) is 12.3 Å². The molecule has 17 heavy (non-hydrogen) atoms. The maximum absolute atomic E-state index is 11.3. The molecule has 0 unspecified atom stereocenters. The van der Waals surface area contributed by atoms with Crippen molar-refractivity contribution in [3.05, 3.63) is 40.6 Å². The van der Waals surface area contributed by atoms with Crippen LogP contribution in [-0.2, 0) is 4.74 Å². The Morgan fingerprint density at radius 1 is 1.35 bits per heavy atom. The fraction of sp³-hybridized carbons (Fsp3) is 0.286. The predicted molar refractivity (Wildman–Crippen MR) is 69.6 cm³/mol. The highest BCUT2D eigenvalue weighted by Crippen LogP contribution is 2.23. The van der Waals surface area contributed by atoms with E-state index < -0.39 is 0 Å². The molecule has 0 heterocycles. The number of benzene rings is 1. The molecule has 0 aliphatic rings. The summed E-state index contributed by atoms with van der Waals surface area (Å²) in [5, 5.41) is 7.27. The molecule has 0 spiro atoms. The summed E-state index contributed by atoms with van der Waals surface area (Å²) < 4.78 is 5.12. The molecule has 0 aliphatic carbocycles. The first-order valence-electron chi connectivity index (χ1n) is 5.38. The van der Waals surface area contributed by atoms with Gasteiger partial charge in [-0.1, -0.05) is 12.1 Å². The Morgan fingerprint density at radius 2 is 2.00 bits per heavy atom. The van der Waals surface area contributed by atoms with Crippen molar-refractivity contribution in [2.45, 2.75) is 20.8 Å². The highest BCUT2D eigenvalue weighted by Gasteiger charge is 2.09. The molecule has 3 heteroatoms. The smallest absolute Gasteiger partial charge is 0.159 e. The molecular weight excluding hydrogens is 214 g/mol. The molecule has 90 valence electrons. The minimum atomic E-state index is 0.0351. The lowest BCUT2D eigenvalue weighted by atomic mass is 9.97. The summed E-state index contributed by atoms with van der Waals surface area (Å²) in [6.45, 7) is 5.40. The van der Waals surface area contributed by atoms with E-state index in [2.05, 4.69) is 0 Å². The van der Waals surface area contributed by atoms with Crippen LogP contribution >= 0.6 is 0 Å². The van der Waals surface area contributed by atoms with E-state index in [4.69, 9.17) is 10.1 Å². The Balaban J connectivity index is 3.39. The third kappa shape index (κ3) is 2.81. The molecule has 0 amide bonds. The molecule has 1 rings (SSSR count). The van der Waals surface area contributed by atoms with Gasteiger partial charge < -0.3 is 10.1 Å². The van der Waals surface area contributed by atoms with E-state index in [1.54, 1.807) is 6.92 Å². The van der Waals surface area contributed by atoms with Gasteiger partial charge >= 0.3 is 0 Å². The molecule has 0 saturated carbocycles. The fourth-order valence-electron chi connectivity index (χ4n) is 1.70. The SMILES string of the molecule is CO/C(C=N)=C(/C)c1cc(C(C)=O)ccc1C. The molecule has 0 fully saturated rings. The summed E-state index contributed by atoms with van der Waals surface area (Å²) >= 11 is 0. The number of Topliss-reactive ketones (excluding diaryl/α,β-unsaturated/α-hetero) is 1. The lowest BCUT2D eigenvalue weighted by Gasteiger charge is -2.11. The Hall–Kier alpha value is -1.90. The van der Waals surface area contributed by atoms with Crippen molar-refractivity contribution in [2.75, 3.05) is 7.11 Å². The van der Waals surface area contributed by atoms with Gasteiger partial charge in [-0.05, 0) is 38.0 Å². The molecule has 1 aromatic carbocycles. The van der Waals surface area contributed by atoms with Crippen LogP contribution in [-0.4, -0.2) is 19.1 Å². The average Bonchev–Trinajstić information content (AvgIpc) is 2.30. The van der Waals surface area contributed by atoms with Crippen molar-refractivity contribution in [2.24, 2.45) is 0 Å². The zero-order chi connectivity index (χ0) is 13.0. The van der Waals surface area contributed by atoms with Gasteiger partial charge in [0.05, 0.1) is 13.3 Å². The van der Waals surface area contributed by atoms with Crippen molar-refractivity contribution >= 4 is 17.6 Å². The zero-order valence-electron chi connectivity index (χ0n) is 10.6.